The van der Waals surface area contributed by atoms with Crippen LogP contribution in [-0.2, 0) is 19.1 Å². The van der Waals surface area contributed by atoms with Gasteiger partial charge in [0, 0.05) is 19.4 Å². The van der Waals surface area contributed by atoms with Crippen molar-refractivity contribution in [2.24, 2.45) is 5.92 Å². The summed E-state index contributed by atoms with van der Waals surface area (Å²) in [5.74, 6) is -1.21. The number of aliphatic hydroxyl groups excluding tert-OH is 1. The number of carbonyl (C=O) groups excluding carboxylic acids is 3. The van der Waals surface area contributed by atoms with Crippen LogP contribution in [0.15, 0.2) is 25.3 Å². The largest absolute Gasteiger partial charge is 0.461 e. The van der Waals surface area contributed by atoms with Crippen molar-refractivity contribution in [3.05, 3.63) is 25.3 Å². The Morgan fingerprint density at radius 3 is 2.71 bits per heavy atom. The number of carbonyl (C=O) groups is 3. The molecule has 0 radical (unpaired) electrons. The predicted molar refractivity (Wildman–Crippen MR) is 107 cm³/mol. The van der Waals surface area contributed by atoms with Gasteiger partial charge in [0.15, 0.2) is 0 Å². The van der Waals surface area contributed by atoms with Crippen LogP contribution in [0.1, 0.15) is 51.9 Å². The Morgan fingerprint density at radius 1 is 1.32 bits per heavy atom. The predicted octanol–water partition coefficient (Wildman–Crippen LogP) is 1.96. The van der Waals surface area contributed by atoms with Crippen LogP contribution in [0.3, 0.4) is 0 Å². The molecule has 7 heteroatoms. The summed E-state index contributed by atoms with van der Waals surface area (Å²) in [5, 5.41) is 12.1. The fourth-order valence-electron chi connectivity index (χ4n) is 3.27. The summed E-state index contributed by atoms with van der Waals surface area (Å²) in [5.41, 5.74) is 0. The molecule has 2 amide bonds. The van der Waals surface area contributed by atoms with Gasteiger partial charge in [-0.25, -0.2) is 0 Å². The number of likely N-dealkylation sites (tertiary alicyclic amines) is 1. The molecule has 0 aromatic rings. The standard InChI is InChI=1S/C21H34N2O5/c1-4-6-7-11-20(26)28-16(3)14-22-21(27)17(9-5-2)13-19(25)23-12-8-10-18(23)15-24/h4-5,16-18,24H,1-2,6-15H2,3H3,(H,22,27)/t16-,17+,18-/m0/s1. The molecule has 1 fully saturated rings. The van der Waals surface area contributed by atoms with E-state index in [4.69, 9.17) is 4.74 Å². The van der Waals surface area contributed by atoms with Gasteiger partial charge in [0.2, 0.25) is 11.8 Å². The van der Waals surface area contributed by atoms with Gasteiger partial charge in [-0.1, -0.05) is 12.2 Å². The third kappa shape index (κ3) is 8.25. The Kier molecular flexibility index (Phi) is 11.2. The number of aliphatic hydroxyl groups is 1. The Morgan fingerprint density at radius 2 is 2.07 bits per heavy atom. The van der Waals surface area contributed by atoms with Crippen LogP contribution in [0.5, 0.6) is 0 Å². The molecule has 158 valence electrons. The molecule has 1 aliphatic rings. The van der Waals surface area contributed by atoms with Gasteiger partial charge in [-0.2, -0.15) is 0 Å². The number of esters is 1. The van der Waals surface area contributed by atoms with Crippen LogP contribution in [-0.4, -0.2) is 59.6 Å². The van der Waals surface area contributed by atoms with Crippen molar-refractivity contribution in [3.63, 3.8) is 0 Å². The van der Waals surface area contributed by atoms with Crippen LogP contribution in [0.25, 0.3) is 0 Å². The van der Waals surface area contributed by atoms with Crippen molar-refractivity contribution in [1.82, 2.24) is 10.2 Å². The van der Waals surface area contributed by atoms with Crippen LogP contribution >= 0.6 is 0 Å². The van der Waals surface area contributed by atoms with E-state index in [-0.39, 0.29) is 43.4 Å². The number of nitrogens with zero attached hydrogens (tertiary/aromatic N) is 1. The molecular weight excluding hydrogens is 360 g/mol. The lowest BCUT2D eigenvalue weighted by atomic mass is 9.99. The van der Waals surface area contributed by atoms with Crippen LogP contribution in [0.2, 0.25) is 0 Å². The highest BCUT2D eigenvalue weighted by atomic mass is 16.5. The molecule has 0 bridgehead atoms. The zero-order valence-corrected chi connectivity index (χ0v) is 16.9. The highest BCUT2D eigenvalue weighted by Gasteiger charge is 2.31. The first-order valence-electron chi connectivity index (χ1n) is 10.0. The Hall–Kier alpha value is -2.15. The normalized spacial score (nSPS) is 18.2. The van der Waals surface area contributed by atoms with Gasteiger partial charge in [0.05, 0.1) is 25.1 Å². The number of allylic oxidation sites excluding steroid dienone is 2. The van der Waals surface area contributed by atoms with E-state index in [1.54, 1.807) is 24.0 Å². The monoisotopic (exact) mass is 394 g/mol. The van der Waals surface area contributed by atoms with E-state index in [0.717, 1.165) is 19.3 Å². The number of unbranched alkanes of at least 4 members (excludes halogenated alkanes) is 1. The minimum Gasteiger partial charge on any atom is -0.461 e. The van der Waals surface area contributed by atoms with E-state index < -0.39 is 12.0 Å². The molecule has 0 spiro atoms. The topological polar surface area (TPSA) is 95.9 Å². The van der Waals surface area contributed by atoms with Gasteiger partial charge in [0.25, 0.3) is 0 Å². The van der Waals surface area contributed by atoms with Gasteiger partial charge in [-0.3, -0.25) is 14.4 Å². The van der Waals surface area contributed by atoms with Crippen molar-refractivity contribution in [3.8, 4) is 0 Å². The minimum atomic E-state index is -0.527. The van der Waals surface area contributed by atoms with E-state index in [1.807, 2.05) is 0 Å². The first kappa shape index (κ1) is 23.9. The molecule has 3 atom stereocenters. The molecule has 7 nitrogen and oxygen atoms in total. The third-order valence-electron chi connectivity index (χ3n) is 4.84. The lowest BCUT2D eigenvalue weighted by Crippen LogP contribution is -2.42. The summed E-state index contributed by atoms with van der Waals surface area (Å²) in [6.45, 7) is 9.74. The first-order chi connectivity index (χ1) is 13.4. The zero-order valence-electron chi connectivity index (χ0n) is 16.9. The van der Waals surface area contributed by atoms with E-state index in [1.165, 1.54) is 0 Å². The highest BCUT2D eigenvalue weighted by molar-refractivity contribution is 5.86. The summed E-state index contributed by atoms with van der Waals surface area (Å²) in [7, 11) is 0. The molecule has 0 unspecified atom stereocenters. The maximum Gasteiger partial charge on any atom is 0.306 e. The van der Waals surface area contributed by atoms with Gasteiger partial charge < -0.3 is 20.1 Å². The molecule has 0 saturated carbocycles. The van der Waals surface area contributed by atoms with Crippen molar-refractivity contribution < 1.29 is 24.2 Å². The molecule has 28 heavy (non-hydrogen) atoms. The second kappa shape index (κ2) is 13.1. The van der Waals surface area contributed by atoms with Gasteiger partial charge in [-0.15, -0.1) is 13.2 Å². The summed E-state index contributed by atoms with van der Waals surface area (Å²) >= 11 is 0. The first-order valence-corrected chi connectivity index (χ1v) is 10.0. The second-order valence-electron chi connectivity index (χ2n) is 7.22. The molecule has 0 aromatic heterocycles. The number of rotatable bonds is 13. The smallest absolute Gasteiger partial charge is 0.306 e. The number of hydrogen-bond acceptors (Lipinski definition) is 5. The summed E-state index contributed by atoms with van der Waals surface area (Å²) in [6, 6.07) is -0.152. The molecule has 0 aliphatic carbocycles. The van der Waals surface area contributed by atoms with Crippen molar-refractivity contribution >= 4 is 17.8 Å². The quantitative estimate of drug-likeness (QED) is 0.283. The molecule has 0 aromatic carbocycles. The lowest BCUT2D eigenvalue weighted by Gasteiger charge is -2.25. The molecular formula is C21H34N2O5. The fourth-order valence-corrected chi connectivity index (χ4v) is 3.27. The lowest BCUT2D eigenvalue weighted by molar-refractivity contribution is -0.148. The van der Waals surface area contributed by atoms with E-state index in [9.17, 15) is 19.5 Å². The molecule has 1 heterocycles. The molecule has 2 N–H and O–H groups in total. The number of hydrogen-bond donors (Lipinski definition) is 2. The van der Waals surface area contributed by atoms with E-state index >= 15 is 0 Å². The molecule has 1 rings (SSSR count). The van der Waals surface area contributed by atoms with Crippen molar-refractivity contribution in [2.75, 3.05) is 19.7 Å². The van der Waals surface area contributed by atoms with Crippen LogP contribution in [0, 0.1) is 5.92 Å². The van der Waals surface area contributed by atoms with Crippen molar-refractivity contribution in [2.45, 2.75) is 64.0 Å². The number of amides is 2. The molecule has 1 saturated heterocycles. The fraction of sp³-hybridized carbons (Fsp3) is 0.667. The summed E-state index contributed by atoms with van der Waals surface area (Å²) < 4.78 is 5.27. The number of ether oxygens (including phenoxy) is 1. The molecule has 1 aliphatic heterocycles. The van der Waals surface area contributed by atoms with Gasteiger partial charge in [-0.05, 0) is 39.0 Å². The summed E-state index contributed by atoms with van der Waals surface area (Å²) in [4.78, 5) is 38.4. The Labute approximate surface area is 167 Å². The second-order valence-corrected chi connectivity index (χ2v) is 7.22. The zero-order chi connectivity index (χ0) is 20.9. The maximum absolute atomic E-state index is 12.5. The minimum absolute atomic E-state index is 0.0558. The van der Waals surface area contributed by atoms with E-state index in [0.29, 0.717) is 25.8 Å². The van der Waals surface area contributed by atoms with Gasteiger partial charge >= 0.3 is 5.97 Å². The van der Waals surface area contributed by atoms with Crippen molar-refractivity contribution in [1.29, 1.82) is 0 Å². The van der Waals surface area contributed by atoms with Crippen LogP contribution in [0.4, 0.5) is 0 Å². The van der Waals surface area contributed by atoms with Crippen LogP contribution < -0.4 is 5.32 Å². The van der Waals surface area contributed by atoms with Gasteiger partial charge in [0.1, 0.15) is 6.10 Å². The Balaban J connectivity index is 2.46. The highest BCUT2D eigenvalue weighted by Crippen LogP contribution is 2.20. The number of nitrogens with one attached hydrogen (secondary N) is 1. The SMILES string of the molecule is C=CCCCC(=O)O[C@@H](C)CNC(=O)[C@H](CC=C)CC(=O)N1CCC[C@H]1CO. The maximum atomic E-state index is 12.5. The van der Waals surface area contributed by atoms with E-state index in [2.05, 4.69) is 18.5 Å². The summed E-state index contributed by atoms with van der Waals surface area (Å²) in [6.07, 6.45) is 6.80. The Bertz CT molecular complexity index is 549. The average molecular weight is 395 g/mol. The average Bonchev–Trinajstić information content (AvgIpc) is 3.14. The third-order valence-corrected chi connectivity index (χ3v) is 4.84.